The largest absolute Gasteiger partial charge is 0.497 e. The van der Waals surface area contributed by atoms with Gasteiger partial charge in [-0.25, -0.2) is 0 Å². The van der Waals surface area contributed by atoms with Crippen LogP contribution in [-0.4, -0.2) is 32.2 Å². The zero-order chi connectivity index (χ0) is 20.8. The summed E-state index contributed by atoms with van der Waals surface area (Å²) in [7, 11) is 1.62. The number of carbonyl (C=O) groups is 1. The Hall–Kier alpha value is -2.69. The first-order valence-electron chi connectivity index (χ1n) is 10.4. The predicted octanol–water partition coefficient (Wildman–Crippen LogP) is 4.58. The fourth-order valence-electron chi connectivity index (χ4n) is 3.72. The first-order valence-corrected chi connectivity index (χ1v) is 10.4. The fourth-order valence-corrected chi connectivity index (χ4v) is 3.72. The van der Waals surface area contributed by atoms with Crippen LogP contribution in [0.5, 0.6) is 11.5 Å². The summed E-state index contributed by atoms with van der Waals surface area (Å²) in [4.78, 5) is 15.0. The number of hydrogen-bond acceptors (Lipinski definition) is 4. The highest BCUT2D eigenvalue weighted by Crippen LogP contribution is 2.25. The van der Waals surface area contributed by atoms with Crippen molar-refractivity contribution in [3.63, 3.8) is 0 Å². The summed E-state index contributed by atoms with van der Waals surface area (Å²) in [5.41, 5.74) is 2.35. The summed E-state index contributed by atoms with van der Waals surface area (Å²) in [6.45, 7) is 8.30. The summed E-state index contributed by atoms with van der Waals surface area (Å²) in [6.07, 6.45) is 1.98. The standard InChI is InChI=1S/C24H32N2O3/c1-17-6-5-15-26(16-17)21-9-7-20(8-10-21)18(2)25-24(27)19(3)29-23-13-11-22(28-4)12-14-23/h7-14,17-19H,5-6,15-16H2,1-4H3,(H,25,27)/t17-,18+,19-/m1/s1. The van der Waals surface area contributed by atoms with Crippen LogP contribution < -0.4 is 19.7 Å². The van der Waals surface area contributed by atoms with Crippen LogP contribution in [0.2, 0.25) is 0 Å². The highest BCUT2D eigenvalue weighted by Gasteiger charge is 2.19. The zero-order valence-electron chi connectivity index (χ0n) is 17.9. The van der Waals surface area contributed by atoms with Crippen LogP contribution in [0, 0.1) is 5.92 Å². The molecule has 0 unspecified atom stereocenters. The van der Waals surface area contributed by atoms with Gasteiger partial charge >= 0.3 is 0 Å². The van der Waals surface area contributed by atoms with Gasteiger partial charge in [-0.2, -0.15) is 0 Å². The molecule has 0 radical (unpaired) electrons. The summed E-state index contributed by atoms with van der Waals surface area (Å²) >= 11 is 0. The Morgan fingerprint density at radius 1 is 1.07 bits per heavy atom. The maximum Gasteiger partial charge on any atom is 0.261 e. The van der Waals surface area contributed by atoms with Crippen molar-refractivity contribution < 1.29 is 14.3 Å². The number of rotatable bonds is 7. The lowest BCUT2D eigenvalue weighted by Crippen LogP contribution is -2.37. The molecule has 3 rings (SSSR count). The topological polar surface area (TPSA) is 50.8 Å². The van der Waals surface area contributed by atoms with Gasteiger partial charge in [0.1, 0.15) is 11.5 Å². The van der Waals surface area contributed by atoms with E-state index >= 15 is 0 Å². The van der Waals surface area contributed by atoms with E-state index in [9.17, 15) is 4.79 Å². The van der Waals surface area contributed by atoms with Crippen molar-refractivity contribution >= 4 is 11.6 Å². The molecule has 1 heterocycles. The third-order valence-corrected chi connectivity index (χ3v) is 5.52. The van der Waals surface area contributed by atoms with Crippen LogP contribution in [0.3, 0.4) is 0 Å². The monoisotopic (exact) mass is 396 g/mol. The van der Waals surface area contributed by atoms with Crippen molar-refractivity contribution in [2.75, 3.05) is 25.1 Å². The van der Waals surface area contributed by atoms with Gasteiger partial charge in [0, 0.05) is 18.8 Å². The molecule has 1 fully saturated rings. The molecule has 2 aromatic rings. The average molecular weight is 397 g/mol. The summed E-state index contributed by atoms with van der Waals surface area (Å²) in [5.74, 6) is 2.00. The zero-order valence-corrected chi connectivity index (χ0v) is 17.9. The second-order valence-electron chi connectivity index (χ2n) is 7.95. The molecule has 1 aliphatic rings. The van der Waals surface area contributed by atoms with Gasteiger partial charge in [-0.15, -0.1) is 0 Å². The van der Waals surface area contributed by atoms with Crippen molar-refractivity contribution in [1.29, 1.82) is 0 Å². The van der Waals surface area contributed by atoms with E-state index in [-0.39, 0.29) is 11.9 Å². The number of anilines is 1. The van der Waals surface area contributed by atoms with Crippen LogP contribution in [0.25, 0.3) is 0 Å². The first-order chi connectivity index (χ1) is 14.0. The molecule has 0 bridgehead atoms. The predicted molar refractivity (Wildman–Crippen MR) is 117 cm³/mol. The molecule has 0 aromatic heterocycles. The molecular weight excluding hydrogens is 364 g/mol. The number of benzene rings is 2. The molecule has 5 nitrogen and oxygen atoms in total. The number of carbonyl (C=O) groups excluding carboxylic acids is 1. The van der Waals surface area contributed by atoms with Gasteiger partial charge in [-0.05, 0) is 74.6 Å². The molecule has 3 atom stereocenters. The Morgan fingerprint density at radius 3 is 2.34 bits per heavy atom. The lowest BCUT2D eigenvalue weighted by Gasteiger charge is -2.33. The number of piperidine rings is 1. The number of ether oxygens (including phenoxy) is 2. The summed E-state index contributed by atoms with van der Waals surface area (Å²) in [6, 6.07) is 15.7. The van der Waals surface area contributed by atoms with Gasteiger partial charge in [-0.3, -0.25) is 4.79 Å². The van der Waals surface area contributed by atoms with Crippen molar-refractivity contribution in [2.24, 2.45) is 5.92 Å². The van der Waals surface area contributed by atoms with E-state index in [4.69, 9.17) is 9.47 Å². The van der Waals surface area contributed by atoms with Crippen LogP contribution in [0.4, 0.5) is 5.69 Å². The van der Waals surface area contributed by atoms with E-state index in [1.807, 2.05) is 19.1 Å². The van der Waals surface area contributed by atoms with E-state index in [1.165, 1.54) is 18.5 Å². The minimum Gasteiger partial charge on any atom is -0.497 e. The number of amides is 1. The van der Waals surface area contributed by atoms with Gasteiger partial charge in [0.05, 0.1) is 13.2 Å². The highest BCUT2D eigenvalue weighted by atomic mass is 16.5. The number of methoxy groups -OCH3 is 1. The molecule has 5 heteroatoms. The maximum absolute atomic E-state index is 12.5. The Balaban J connectivity index is 1.54. The molecule has 1 aliphatic heterocycles. The third kappa shape index (κ3) is 5.66. The van der Waals surface area contributed by atoms with Gasteiger partial charge in [0.2, 0.25) is 0 Å². The normalized spacial score (nSPS) is 18.6. The molecule has 1 N–H and O–H groups in total. The van der Waals surface area contributed by atoms with Crippen molar-refractivity contribution in [3.8, 4) is 11.5 Å². The number of hydrogen-bond donors (Lipinski definition) is 1. The lowest BCUT2D eigenvalue weighted by atomic mass is 9.99. The molecular formula is C24H32N2O3. The average Bonchev–Trinajstić information content (AvgIpc) is 2.74. The number of nitrogens with zero attached hydrogens (tertiary/aromatic N) is 1. The van der Waals surface area contributed by atoms with Crippen molar-refractivity contribution in [1.82, 2.24) is 5.32 Å². The molecule has 0 aliphatic carbocycles. The second-order valence-corrected chi connectivity index (χ2v) is 7.95. The second kappa shape index (κ2) is 9.68. The van der Waals surface area contributed by atoms with Crippen LogP contribution in [0.15, 0.2) is 48.5 Å². The van der Waals surface area contributed by atoms with E-state index in [1.54, 1.807) is 26.2 Å². The molecule has 0 spiro atoms. The molecule has 1 saturated heterocycles. The van der Waals surface area contributed by atoms with E-state index in [0.717, 1.165) is 30.3 Å². The van der Waals surface area contributed by atoms with Crippen LogP contribution >= 0.6 is 0 Å². The molecule has 156 valence electrons. The fraction of sp³-hybridized carbons (Fsp3) is 0.458. The quantitative estimate of drug-likeness (QED) is 0.744. The van der Waals surface area contributed by atoms with E-state index < -0.39 is 6.10 Å². The van der Waals surface area contributed by atoms with Gasteiger partial charge in [0.15, 0.2) is 6.10 Å². The van der Waals surface area contributed by atoms with Gasteiger partial charge in [0.25, 0.3) is 5.91 Å². The molecule has 1 amide bonds. The minimum absolute atomic E-state index is 0.0845. The van der Waals surface area contributed by atoms with Crippen LogP contribution in [-0.2, 0) is 4.79 Å². The van der Waals surface area contributed by atoms with Crippen molar-refractivity contribution in [2.45, 2.75) is 45.8 Å². The molecule has 2 aromatic carbocycles. The Bertz CT molecular complexity index is 789. The Morgan fingerprint density at radius 2 is 1.72 bits per heavy atom. The lowest BCUT2D eigenvalue weighted by molar-refractivity contribution is -0.127. The first kappa shape index (κ1) is 21.0. The Kier molecular flexibility index (Phi) is 7.02. The summed E-state index contributed by atoms with van der Waals surface area (Å²) in [5, 5.41) is 3.04. The molecule has 0 saturated carbocycles. The van der Waals surface area contributed by atoms with Gasteiger partial charge < -0.3 is 19.7 Å². The summed E-state index contributed by atoms with van der Waals surface area (Å²) < 4.78 is 10.9. The van der Waals surface area contributed by atoms with E-state index in [2.05, 4.69) is 41.4 Å². The van der Waals surface area contributed by atoms with Crippen LogP contribution in [0.1, 0.15) is 45.2 Å². The number of nitrogens with one attached hydrogen (secondary N) is 1. The minimum atomic E-state index is -0.583. The SMILES string of the molecule is COc1ccc(O[C@H](C)C(=O)N[C@@H](C)c2ccc(N3CCC[C@@H](C)C3)cc2)cc1. The highest BCUT2D eigenvalue weighted by molar-refractivity contribution is 5.81. The maximum atomic E-state index is 12.5. The van der Waals surface area contributed by atoms with Crippen molar-refractivity contribution in [3.05, 3.63) is 54.1 Å². The van der Waals surface area contributed by atoms with Gasteiger partial charge in [-0.1, -0.05) is 19.1 Å². The van der Waals surface area contributed by atoms with E-state index in [0.29, 0.717) is 5.75 Å². The molecule has 29 heavy (non-hydrogen) atoms. The Labute approximate surface area is 174 Å². The smallest absolute Gasteiger partial charge is 0.261 e. The third-order valence-electron chi connectivity index (χ3n) is 5.52.